The largest absolute Gasteiger partial charge is 0.492 e. The Bertz CT molecular complexity index is 413. The molecule has 2 heteroatoms. The fourth-order valence-corrected chi connectivity index (χ4v) is 5.10. The number of carbonyl (C=O) groups is 1. The zero-order valence-corrected chi connectivity index (χ0v) is 11.8. The van der Waals surface area contributed by atoms with Gasteiger partial charge in [0.1, 0.15) is 11.4 Å². The van der Waals surface area contributed by atoms with Crippen LogP contribution in [0.15, 0.2) is 12.3 Å². The number of carbonyl (C=O) groups excluding carboxylic acids is 1. The molecular weight excluding hydrogens is 224 g/mol. The summed E-state index contributed by atoms with van der Waals surface area (Å²) < 4.78 is 6.05. The Balaban J connectivity index is 1.98. The lowest BCUT2D eigenvalue weighted by Crippen LogP contribution is -2.55. The van der Waals surface area contributed by atoms with Crippen LogP contribution in [0, 0.1) is 23.2 Å². The predicted octanol–water partition coefficient (Wildman–Crippen LogP) is 3.71. The number of hydrogen-bond donors (Lipinski definition) is 0. The van der Waals surface area contributed by atoms with Crippen molar-refractivity contribution >= 4 is 5.78 Å². The number of fused-ring (bicyclic) bond motifs is 3. The van der Waals surface area contributed by atoms with Gasteiger partial charge in [0.05, 0.1) is 5.76 Å². The van der Waals surface area contributed by atoms with Crippen LogP contribution in [0.2, 0.25) is 0 Å². The minimum absolute atomic E-state index is 0.0254. The number of ketones is 1. The van der Waals surface area contributed by atoms with Crippen molar-refractivity contribution in [1.82, 2.24) is 0 Å². The van der Waals surface area contributed by atoms with Gasteiger partial charge in [-0.15, -0.1) is 0 Å². The van der Waals surface area contributed by atoms with Gasteiger partial charge in [-0.05, 0) is 37.5 Å². The monoisotopic (exact) mass is 248 g/mol. The molecule has 0 radical (unpaired) electrons. The smallest absolute Gasteiger partial charge is 0.136 e. The van der Waals surface area contributed by atoms with Crippen molar-refractivity contribution in [1.29, 1.82) is 0 Å². The Morgan fingerprint density at radius 2 is 2.06 bits per heavy atom. The Morgan fingerprint density at radius 3 is 2.78 bits per heavy atom. The van der Waals surface area contributed by atoms with Gasteiger partial charge in [0.25, 0.3) is 0 Å². The van der Waals surface area contributed by atoms with Crippen molar-refractivity contribution in [2.24, 2.45) is 23.2 Å². The van der Waals surface area contributed by atoms with Gasteiger partial charge in [-0.2, -0.15) is 0 Å². The van der Waals surface area contributed by atoms with E-state index in [2.05, 4.69) is 27.4 Å². The van der Waals surface area contributed by atoms with Crippen LogP contribution >= 0.6 is 0 Å². The predicted molar refractivity (Wildman–Crippen MR) is 71.0 cm³/mol. The molecule has 5 unspecified atom stereocenters. The van der Waals surface area contributed by atoms with Crippen molar-refractivity contribution < 1.29 is 9.53 Å². The summed E-state index contributed by atoms with van der Waals surface area (Å²) in [6.07, 6.45) is 4.99. The molecule has 0 spiro atoms. The van der Waals surface area contributed by atoms with E-state index in [1.165, 1.54) is 0 Å². The highest BCUT2D eigenvalue weighted by Crippen LogP contribution is 2.62. The van der Waals surface area contributed by atoms with Crippen molar-refractivity contribution in [3.05, 3.63) is 12.3 Å². The van der Waals surface area contributed by atoms with E-state index in [0.717, 1.165) is 37.9 Å². The topological polar surface area (TPSA) is 26.3 Å². The molecule has 3 fully saturated rings. The van der Waals surface area contributed by atoms with E-state index in [1.807, 2.05) is 0 Å². The highest BCUT2D eigenvalue weighted by atomic mass is 16.5. The molecule has 3 rings (SSSR count). The molecule has 100 valence electrons. The van der Waals surface area contributed by atoms with Crippen LogP contribution in [0.25, 0.3) is 0 Å². The summed E-state index contributed by atoms with van der Waals surface area (Å²) in [4.78, 5) is 12.0. The van der Waals surface area contributed by atoms with Crippen LogP contribution < -0.4 is 0 Å². The maximum atomic E-state index is 12.0. The van der Waals surface area contributed by atoms with E-state index in [0.29, 0.717) is 17.6 Å². The molecule has 2 aliphatic carbocycles. The van der Waals surface area contributed by atoms with Gasteiger partial charge in [-0.3, -0.25) is 4.79 Å². The number of Topliss-reactive ketones (excluding diaryl/α,β-unsaturated/α-hetero) is 1. The third-order valence-corrected chi connectivity index (χ3v) is 6.16. The lowest BCUT2D eigenvalue weighted by Gasteiger charge is -2.55. The summed E-state index contributed by atoms with van der Waals surface area (Å²) in [6.45, 7) is 10.8. The highest BCUT2D eigenvalue weighted by molar-refractivity contribution is 5.82. The van der Waals surface area contributed by atoms with Crippen molar-refractivity contribution in [2.75, 3.05) is 0 Å². The first-order chi connectivity index (χ1) is 8.37. The second kappa shape index (κ2) is 3.61. The molecule has 1 heterocycles. The van der Waals surface area contributed by atoms with Crippen LogP contribution in [0.1, 0.15) is 52.9 Å². The van der Waals surface area contributed by atoms with Crippen molar-refractivity contribution in [3.63, 3.8) is 0 Å². The molecule has 0 aromatic heterocycles. The quantitative estimate of drug-likeness (QED) is 0.653. The van der Waals surface area contributed by atoms with E-state index in [-0.39, 0.29) is 16.9 Å². The average molecular weight is 248 g/mol. The Morgan fingerprint density at radius 1 is 1.33 bits per heavy atom. The second-order valence-electron chi connectivity index (χ2n) is 7.12. The van der Waals surface area contributed by atoms with Crippen molar-refractivity contribution in [3.8, 4) is 0 Å². The van der Waals surface area contributed by atoms with E-state index in [1.54, 1.807) is 0 Å². The lowest BCUT2D eigenvalue weighted by atomic mass is 9.49. The standard InChI is InChI=1S/C16H24O2/c1-10-9-14-15(3)7-6-13(17)11(2)12(15)5-8-16(14,4)18-10/h11-12,14H,1,5-9H2,2-4H3. The third-order valence-electron chi connectivity index (χ3n) is 6.16. The van der Waals surface area contributed by atoms with Gasteiger partial charge in [0, 0.05) is 24.7 Å². The van der Waals surface area contributed by atoms with Crippen LogP contribution in [0.4, 0.5) is 0 Å². The van der Waals surface area contributed by atoms with Gasteiger partial charge >= 0.3 is 0 Å². The molecule has 5 atom stereocenters. The Hall–Kier alpha value is -0.790. The van der Waals surface area contributed by atoms with Crippen LogP contribution in [0.3, 0.4) is 0 Å². The van der Waals surface area contributed by atoms with Crippen LogP contribution in [0.5, 0.6) is 0 Å². The molecular formula is C16H24O2. The molecule has 2 saturated carbocycles. The number of rotatable bonds is 0. The first kappa shape index (κ1) is 12.3. The molecule has 1 aliphatic heterocycles. The Kier molecular flexibility index (Phi) is 2.46. The molecule has 0 aromatic rings. The van der Waals surface area contributed by atoms with Crippen molar-refractivity contribution in [2.45, 2.75) is 58.5 Å². The molecule has 3 aliphatic rings. The van der Waals surface area contributed by atoms with E-state index < -0.39 is 0 Å². The first-order valence-corrected chi connectivity index (χ1v) is 7.26. The highest BCUT2D eigenvalue weighted by Gasteiger charge is 2.60. The zero-order valence-electron chi connectivity index (χ0n) is 11.8. The SMILES string of the molecule is C=C1CC2C(C)(CCC3C(C)C(=O)CCC32C)O1. The summed E-state index contributed by atoms with van der Waals surface area (Å²) in [7, 11) is 0. The molecule has 0 N–H and O–H groups in total. The van der Waals surface area contributed by atoms with Gasteiger partial charge in [0.2, 0.25) is 0 Å². The van der Waals surface area contributed by atoms with Crippen LogP contribution in [-0.2, 0) is 9.53 Å². The van der Waals surface area contributed by atoms with Gasteiger partial charge < -0.3 is 4.74 Å². The summed E-state index contributed by atoms with van der Waals surface area (Å²) in [6, 6.07) is 0. The number of allylic oxidation sites excluding steroid dienone is 1. The number of ether oxygens (including phenoxy) is 1. The van der Waals surface area contributed by atoms with Gasteiger partial charge in [-0.25, -0.2) is 0 Å². The summed E-state index contributed by atoms with van der Waals surface area (Å²) in [5.74, 6) is 2.76. The van der Waals surface area contributed by atoms with Gasteiger partial charge in [-0.1, -0.05) is 20.4 Å². The average Bonchev–Trinajstić information content (AvgIpc) is 2.61. The molecule has 0 amide bonds. The first-order valence-electron chi connectivity index (χ1n) is 7.26. The summed E-state index contributed by atoms with van der Waals surface area (Å²) in [5.41, 5.74) is 0.238. The zero-order chi connectivity index (χ0) is 13.1. The lowest BCUT2D eigenvalue weighted by molar-refractivity contribution is -0.148. The maximum absolute atomic E-state index is 12.0. The van der Waals surface area contributed by atoms with Crippen LogP contribution in [-0.4, -0.2) is 11.4 Å². The molecule has 2 nitrogen and oxygen atoms in total. The molecule has 18 heavy (non-hydrogen) atoms. The fourth-order valence-electron chi connectivity index (χ4n) is 5.10. The van der Waals surface area contributed by atoms with E-state index >= 15 is 0 Å². The molecule has 1 saturated heterocycles. The van der Waals surface area contributed by atoms with E-state index in [9.17, 15) is 4.79 Å². The minimum atomic E-state index is -0.0254. The van der Waals surface area contributed by atoms with E-state index in [4.69, 9.17) is 4.74 Å². The summed E-state index contributed by atoms with van der Waals surface area (Å²) in [5, 5.41) is 0. The molecule has 0 aromatic carbocycles. The minimum Gasteiger partial charge on any atom is -0.492 e. The normalized spacial score (nSPS) is 51.6. The molecule has 0 bridgehead atoms. The fraction of sp³-hybridized carbons (Fsp3) is 0.812. The second-order valence-corrected chi connectivity index (χ2v) is 7.12. The maximum Gasteiger partial charge on any atom is 0.136 e. The number of hydrogen-bond acceptors (Lipinski definition) is 2. The third kappa shape index (κ3) is 1.44. The van der Waals surface area contributed by atoms with Gasteiger partial charge in [0.15, 0.2) is 0 Å². The Labute approximate surface area is 110 Å². The summed E-state index contributed by atoms with van der Waals surface area (Å²) >= 11 is 0.